The first-order chi connectivity index (χ1) is 16.0. The van der Waals surface area contributed by atoms with Crippen LogP contribution in [0.1, 0.15) is 30.0 Å². The zero-order chi connectivity index (χ0) is 23.1. The molecule has 2 saturated heterocycles. The van der Waals surface area contributed by atoms with E-state index in [2.05, 4.69) is 4.98 Å². The van der Waals surface area contributed by atoms with Crippen LogP contribution in [0, 0.1) is 0 Å². The number of halogens is 1. The number of H-pyrrole nitrogens is 1. The second-order valence-electron chi connectivity index (χ2n) is 8.23. The van der Waals surface area contributed by atoms with Crippen molar-refractivity contribution >= 4 is 40.0 Å². The molecule has 2 aliphatic heterocycles. The van der Waals surface area contributed by atoms with Gasteiger partial charge in [-0.3, -0.25) is 9.59 Å². The molecule has 1 amide bonds. The summed E-state index contributed by atoms with van der Waals surface area (Å²) in [6, 6.07) is 11.6. The zero-order valence-corrected chi connectivity index (χ0v) is 18.8. The fraction of sp³-hybridized carbons (Fsp3) is 0.280. The van der Waals surface area contributed by atoms with Crippen LogP contribution in [0.3, 0.4) is 0 Å². The van der Waals surface area contributed by atoms with E-state index < -0.39 is 17.7 Å². The summed E-state index contributed by atoms with van der Waals surface area (Å²) in [7, 11) is 1.49. The van der Waals surface area contributed by atoms with Crippen molar-refractivity contribution in [2.24, 2.45) is 0 Å². The highest BCUT2D eigenvalue weighted by Gasteiger charge is 2.47. The molecular weight excluding hydrogens is 444 g/mol. The van der Waals surface area contributed by atoms with Crippen LogP contribution in [0.4, 0.5) is 0 Å². The molecule has 0 aliphatic carbocycles. The maximum atomic E-state index is 13.2. The third kappa shape index (κ3) is 3.67. The number of aliphatic hydroxyl groups excluding tert-OH is 1. The minimum atomic E-state index is -0.758. The van der Waals surface area contributed by atoms with Crippen LogP contribution in [-0.4, -0.2) is 53.0 Å². The average molecular weight is 467 g/mol. The summed E-state index contributed by atoms with van der Waals surface area (Å²) in [6.07, 6.45) is 3.37. The molecule has 0 saturated carbocycles. The summed E-state index contributed by atoms with van der Waals surface area (Å²) >= 11 is 6.26. The maximum Gasteiger partial charge on any atom is 0.295 e. The van der Waals surface area contributed by atoms with E-state index in [1.807, 2.05) is 24.3 Å². The van der Waals surface area contributed by atoms with Crippen molar-refractivity contribution in [2.45, 2.75) is 25.0 Å². The second-order valence-corrected chi connectivity index (χ2v) is 8.63. The number of para-hydroxylation sites is 1. The Morgan fingerprint density at radius 1 is 1.27 bits per heavy atom. The first-order valence-corrected chi connectivity index (χ1v) is 11.2. The van der Waals surface area contributed by atoms with Crippen molar-refractivity contribution < 1.29 is 24.2 Å². The number of carbonyl (C=O) groups excluding carboxylic acids is 2. The first kappa shape index (κ1) is 21.6. The van der Waals surface area contributed by atoms with Crippen LogP contribution in [0.15, 0.2) is 54.2 Å². The van der Waals surface area contributed by atoms with Crippen LogP contribution < -0.4 is 4.74 Å². The highest BCUT2D eigenvalue weighted by atomic mass is 35.5. The molecule has 0 radical (unpaired) electrons. The van der Waals surface area contributed by atoms with E-state index in [0.717, 1.165) is 29.3 Å². The lowest BCUT2D eigenvalue weighted by atomic mass is 9.94. The largest absolute Gasteiger partial charge is 0.507 e. The first-order valence-electron chi connectivity index (χ1n) is 10.8. The number of amides is 1. The van der Waals surface area contributed by atoms with Crippen molar-refractivity contribution in [3.63, 3.8) is 0 Å². The number of carbonyl (C=O) groups is 2. The van der Waals surface area contributed by atoms with Crippen molar-refractivity contribution in [3.05, 3.63) is 70.4 Å². The molecule has 3 aromatic rings. The van der Waals surface area contributed by atoms with Crippen molar-refractivity contribution in [1.29, 1.82) is 0 Å². The quantitative estimate of drug-likeness (QED) is 0.329. The number of aromatic nitrogens is 1. The summed E-state index contributed by atoms with van der Waals surface area (Å²) in [4.78, 5) is 31.1. The van der Waals surface area contributed by atoms with Gasteiger partial charge in [0.05, 0.1) is 29.9 Å². The predicted octanol–water partition coefficient (Wildman–Crippen LogP) is 4.43. The molecule has 7 nitrogen and oxygen atoms in total. The number of hydrogen-bond acceptors (Lipinski definition) is 5. The Morgan fingerprint density at radius 2 is 2.09 bits per heavy atom. The number of ether oxygens (including phenoxy) is 2. The number of benzene rings is 2. The van der Waals surface area contributed by atoms with Gasteiger partial charge in [0, 0.05) is 41.4 Å². The van der Waals surface area contributed by atoms with Crippen LogP contribution in [-0.2, 0) is 14.3 Å². The summed E-state index contributed by atoms with van der Waals surface area (Å²) in [6.45, 7) is 0.908. The Kier molecular flexibility index (Phi) is 5.60. The Labute approximate surface area is 195 Å². The minimum absolute atomic E-state index is 0.0315. The van der Waals surface area contributed by atoms with E-state index in [1.54, 1.807) is 18.3 Å². The number of likely N-dealkylation sites (tertiary alicyclic amines) is 1. The molecule has 0 bridgehead atoms. The topological polar surface area (TPSA) is 91.9 Å². The second kappa shape index (κ2) is 8.57. The molecule has 2 aliphatic rings. The molecule has 2 atom stereocenters. The third-order valence-corrected chi connectivity index (χ3v) is 6.60. The van der Waals surface area contributed by atoms with Crippen LogP contribution in [0.5, 0.6) is 5.75 Å². The monoisotopic (exact) mass is 466 g/mol. The highest BCUT2D eigenvalue weighted by molar-refractivity contribution is 6.46. The maximum absolute atomic E-state index is 13.2. The van der Waals surface area contributed by atoms with Crippen molar-refractivity contribution in [3.8, 4) is 5.75 Å². The highest BCUT2D eigenvalue weighted by Crippen LogP contribution is 2.43. The van der Waals surface area contributed by atoms with Gasteiger partial charge in [0.15, 0.2) is 0 Å². The number of hydrogen-bond donors (Lipinski definition) is 2. The Morgan fingerprint density at radius 3 is 2.82 bits per heavy atom. The molecule has 3 heterocycles. The molecule has 170 valence electrons. The fourth-order valence-corrected chi connectivity index (χ4v) is 4.95. The minimum Gasteiger partial charge on any atom is -0.507 e. The van der Waals surface area contributed by atoms with E-state index in [4.69, 9.17) is 21.1 Å². The number of nitrogens with one attached hydrogen (secondary N) is 1. The lowest BCUT2D eigenvalue weighted by Crippen LogP contribution is -2.36. The van der Waals surface area contributed by atoms with Gasteiger partial charge in [0.2, 0.25) is 0 Å². The number of methoxy groups -OCH3 is 1. The average Bonchev–Trinajstić information content (AvgIpc) is 3.54. The van der Waals surface area contributed by atoms with E-state index in [9.17, 15) is 14.7 Å². The number of aromatic amines is 1. The lowest BCUT2D eigenvalue weighted by Gasteiger charge is -2.27. The number of ketones is 1. The zero-order valence-electron chi connectivity index (χ0n) is 18.0. The molecule has 5 rings (SSSR count). The van der Waals surface area contributed by atoms with Gasteiger partial charge in [-0.25, -0.2) is 0 Å². The Balaban J connectivity index is 1.67. The predicted molar refractivity (Wildman–Crippen MR) is 124 cm³/mol. The molecule has 2 aromatic carbocycles. The fourth-order valence-electron chi connectivity index (χ4n) is 4.69. The summed E-state index contributed by atoms with van der Waals surface area (Å²) < 4.78 is 10.9. The standard InChI is InChI=1S/C25H23ClN2O5/c1-32-20-9-8-14(11-18(20)26)23(29)21-22(17-12-27-19-7-3-2-6-16(17)19)28(25(31)24(21)30)13-15-5-4-10-33-15/h2-3,6-9,11-12,15,22,27,29H,4-5,10,13H2,1H3/b23-21+. The number of rotatable bonds is 5. The molecule has 2 unspecified atom stereocenters. The van der Waals surface area contributed by atoms with Crippen LogP contribution in [0.2, 0.25) is 5.02 Å². The summed E-state index contributed by atoms with van der Waals surface area (Å²) in [5.41, 5.74) is 1.98. The molecular formula is C25H23ClN2O5. The Hall–Kier alpha value is -3.29. The Bertz CT molecular complexity index is 1270. The number of aliphatic hydroxyl groups is 1. The molecule has 33 heavy (non-hydrogen) atoms. The molecule has 8 heteroatoms. The van der Waals surface area contributed by atoms with Crippen LogP contribution in [0.25, 0.3) is 16.7 Å². The normalized spacial score (nSPS) is 22.4. The summed E-state index contributed by atoms with van der Waals surface area (Å²) in [5, 5.41) is 12.4. The number of nitrogens with zero attached hydrogens (tertiary/aromatic N) is 1. The van der Waals surface area contributed by atoms with E-state index >= 15 is 0 Å². The van der Waals surface area contributed by atoms with Gasteiger partial charge in [-0.15, -0.1) is 0 Å². The van der Waals surface area contributed by atoms with E-state index in [-0.39, 0.29) is 24.0 Å². The summed E-state index contributed by atoms with van der Waals surface area (Å²) in [5.74, 6) is -1.21. The smallest absolute Gasteiger partial charge is 0.295 e. The molecule has 0 spiro atoms. The van der Waals surface area contributed by atoms with Crippen molar-refractivity contribution in [2.75, 3.05) is 20.3 Å². The van der Waals surface area contributed by atoms with Gasteiger partial charge in [-0.05, 0) is 37.1 Å². The van der Waals surface area contributed by atoms with Gasteiger partial charge < -0.3 is 24.5 Å². The molecule has 2 fully saturated rings. The number of fused-ring (bicyclic) bond motifs is 1. The third-order valence-electron chi connectivity index (χ3n) is 6.31. The van der Waals surface area contributed by atoms with Gasteiger partial charge in [-0.1, -0.05) is 29.8 Å². The molecule has 1 aromatic heterocycles. The van der Waals surface area contributed by atoms with E-state index in [0.29, 0.717) is 22.9 Å². The van der Waals surface area contributed by atoms with Gasteiger partial charge >= 0.3 is 0 Å². The van der Waals surface area contributed by atoms with E-state index in [1.165, 1.54) is 18.1 Å². The van der Waals surface area contributed by atoms with Crippen molar-refractivity contribution in [1.82, 2.24) is 9.88 Å². The van der Waals surface area contributed by atoms with Crippen LogP contribution >= 0.6 is 11.6 Å². The lowest BCUT2D eigenvalue weighted by molar-refractivity contribution is -0.140. The van der Waals surface area contributed by atoms with Gasteiger partial charge in [0.25, 0.3) is 11.7 Å². The van der Waals surface area contributed by atoms with Gasteiger partial charge in [-0.2, -0.15) is 0 Å². The SMILES string of the molecule is COc1ccc(/C(O)=C2\C(=O)C(=O)N(CC3CCCO3)C2c2c[nH]c3ccccc23)cc1Cl. The number of Topliss-reactive ketones (excluding diaryl/α,β-unsaturated/α-hetero) is 1. The molecule has 2 N–H and O–H groups in total. The van der Waals surface area contributed by atoms with Gasteiger partial charge in [0.1, 0.15) is 11.5 Å².